The number of halogens is 2. The predicted octanol–water partition coefficient (Wildman–Crippen LogP) is 1.84. The Balaban J connectivity index is 2.52. The summed E-state index contributed by atoms with van der Waals surface area (Å²) in [5.74, 6) is -0.951. The molecule has 4 nitrogen and oxygen atoms in total. The maximum Gasteiger partial charge on any atom is 0.246 e. The van der Waals surface area contributed by atoms with Crippen molar-refractivity contribution in [2.45, 2.75) is 23.8 Å². The van der Waals surface area contributed by atoms with Crippen molar-refractivity contribution in [2.24, 2.45) is 0 Å². The van der Waals surface area contributed by atoms with Crippen molar-refractivity contribution in [3.05, 3.63) is 23.0 Å². The number of nitrogens with two attached hydrogens (primary N) is 1. The molecule has 0 saturated heterocycles. The Labute approximate surface area is 104 Å². The molecule has 94 valence electrons. The van der Waals surface area contributed by atoms with Crippen LogP contribution in [0.1, 0.15) is 12.8 Å². The van der Waals surface area contributed by atoms with Crippen LogP contribution in [-0.2, 0) is 10.0 Å². The van der Waals surface area contributed by atoms with Crippen molar-refractivity contribution in [2.75, 3.05) is 12.8 Å². The average Bonchev–Trinajstić information content (AvgIpc) is 3.05. The summed E-state index contributed by atoms with van der Waals surface area (Å²) in [4.78, 5) is -0.461. The number of nitrogen functional groups attached to an aromatic ring is 1. The molecule has 1 fully saturated rings. The van der Waals surface area contributed by atoms with E-state index in [1.807, 2.05) is 0 Å². The highest BCUT2D eigenvalue weighted by atomic mass is 35.5. The number of anilines is 1. The van der Waals surface area contributed by atoms with E-state index in [1.165, 1.54) is 17.4 Å². The molecule has 17 heavy (non-hydrogen) atoms. The number of benzene rings is 1. The highest BCUT2D eigenvalue weighted by molar-refractivity contribution is 7.89. The molecule has 7 heteroatoms. The second-order valence-corrected chi connectivity index (χ2v) is 6.44. The molecule has 0 atom stereocenters. The molecule has 0 amide bonds. The van der Waals surface area contributed by atoms with Gasteiger partial charge in [0.2, 0.25) is 10.0 Å². The molecule has 1 aromatic rings. The fraction of sp³-hybridized carbons (Fsp3) is 0.400. The van der Waals surface area contributed by atoms with Crippen molar-refractivity contribution < 1.29 is 12.8 Å². The minimum atomic E-state index is -3.86. The normalized spacial score (nSPS) is 16.5. The van der Waals surface area contributed by atoms with Gasteiger partial charge in [-0.25, -0.2) is 12.8 Å². The molecule has 2 N–H and O–H groups in total. The van der Waals surface area contributed by atoms with Crippen LogP contribution < -0.4 is 5.73 Å². The van der Waals surface area contributed by atoms with Crippen LogP contribution in [-0.4, -0.2) is 25.8 Å². The molecule has 0 aromatic heterocycles. The van der Waals surface area contributed by atoms with Gasteiger partial charge in [-0.05, 0) is 25.0 Å². The molecule has 0 heterocycles. The zero-order valence-corrected chi connectivity index (χ0v) is 10.7. The Kier molecular flexibility index (Phi) is 3.05. The molecule has 0 radical (unpaired) electrons. The van der Waals surface area contributed by atoms with Crippen LogP contribution >= 0.6 is 11.6 Å². The average molecular weight is 279 g/mol. The van der Waals surface area contributed by atoms with Gasteiger partial charge in [-0.1, -0.05) is 11.6 Å². The summed E-state index contributed by atoms with van der Waals surface area (Å²) >= 11 is 5.59. The van der Waals surface area contributed by atoms with Crippen molar-refractivity contribution >= 4 is 27.3 Å². The van der Waals surface area contributed by atoms with Crippen molar-refractivity contribution in [3.63, 3.8) is 0 Å². The Bertz CT molecular complexity index is 558. The van der Waals surface area contributed by atoms with Gasteiger partial charge in [-0.2, -0.15) is 4.31 Å². The van der Waals surface area contributed by atoms with E-state index in [4.69, 9.17) is 17.3 Å². The summed E-state index contributed by atoms with van der Waals surface area (Å²) in [7, 11) is -2.42. The summed E-state index contributed by atoms with van der Waals surface area (Å²) in [6.45, 7) is 0. The molecule has 0 aliphatic heterocycles. The van der Waals surface area contributed by atoms with E-state index in [0.29, 0.717) is 0 Å². The van der Waals surface area contributed by atoms with Gasteiger partial charge in [0.1, 0.15) is 4.90 Å². The van der Waals surface area contributed by atoms with Gasteiger partial charge in [-0.3, -0.25) is 0 Å². The number of rotatable bonds is 3. The Morgan fingerprint density at radius 1 is 1.47 bits per heavy atom. The van der Waals surface area contributed by atoms with Gasteiger partial charge in [-0.15, -0.1) is 0 Å². The number of hydrogen-bond acceptors (Lipinski definition) is 3. The van der Waals surface area contributed by atoms with Crippen LogP contribution in [0, 0.1) is 5.82 Å². The first-order chi connectivity index (χ1) is 7.84. The third kappa shape index (κ3) is 2.25. The van der Waals surface area contributed by atoms with Crippen LogP contribution in [0.2, 0.25) is 5.02 Å². The van der Waals surface area contributed by atoms with E-state index >= 15 is 0 Å². The van der Waals surface area contributed by atoms with Crippen LogP contribution in [0.5, 0.6) is 0 Å². The standard InChI is InChI=1S/C10H12ClFN2O2S/c1-14(7-2-3-7)17(15,16)9-5-6(13)4-8(11)10(9)12/h4-5,7H,2-3,13H2,1H3. The lowest BCUT2D eigenvalue weighted by atomic mass is 10.3. The minimum absolute atomic E-state index is 0.0420. The Hall–Kier alpha value is -0.850. The maximum absolute atomic E-state index is 13.7. The van der Waals surface area contributed by atoms with Crippen molar-refractivity contribution in [1.82, 2.24) is 4.31 Å². The highest BCUT2D eigenvalue weighted by Gasteiger charge is 2.36. The Morgan fingerprint density at radius 3 is 2.59 bits per heavy atom. The second kappa shape index (κ2) is 4.12. The zero-order valence-electron chi connectivity index (χ0n) is 9.15. The lowest BCUT2D eigenvalue weighted by Gasteiger charge is -2.17. The third-order valence-corrected chi connectivity index (χ3v) is 4.92. The fourth-order valence-corrected chi connectivity index (χ4v) is 3.38. The number of sulfonamides is 1. The quantitative estimate of drug-likeness (QED) is 0.858. The molecule has 0 unspecified atom stereocenters. The first-order valence-corrected chi connectivity index (χ1v) is 6.88. The van der Waals surface area contributed by atoms with Crippen LogP contribution in [0.3, 0.4) is 0 Å². The van der Waals surface area contributed by atoms with Gasteiger partial charge in [0.25, 0.3) is 0 Å². The first kappa shape index (κ1) is 12.6. The summed E-state index contributed by atoms with van der Waals surface area (Å²) < 4.78 is 39.1. The van der Waals surface area contributed by atoms with Gasteiger partial charge in [0, 0.05) is 18.8 Å². The van der Waals surface area contributed by atoms with Crippen molar-refractivity contribution in [3.8, 4) is 0 Å². The third-order valence-electron chi connectivity index (χ3n) is 2.74. The molecule has 1 aliphatic rings. The summed E-state index contributed by atoms with van der Waals surface area (Å²) in [5, 5.41) is -0.284. The van der Waals surface area contributed by atoms with E-state index < -0.39 is 20.7 Å². The van der Waals surface area contributed by atoms with E-state index in [0.717, 1.165) is 18.9 Å². The fourth-order valence-electron chi connectivity index (χ4n) is 1.56. The minimum Gasteiger partial charge on any atom is -0.399 e. The van der Waals surface area contributed by atoms with E-state index in [-0.39, 0.29) is 16.8 Å². The van der Waals surface area contributed by atoms with Gasteiger partial charge in [0.15, 0.2) is 5.82 Å². The van der Waals surface area contributed by atoms with E-state index in [2.05, 4.69) is 0 Å². The van der Waals surface area contributed by atoms with E-state index in [1.54, 1.807) is 0 Å². The SMILES string of the molecule is CN(C1CC1)S(=O)(=O)c1cc(N)cc(Cl)c1F. The van der Waals surface area contributed by atoms with Gasteiger partial charge in [0.05, 0.1) is 5.02 Å². The van der Waals surface area contributed by atoms with Crippen LogP contribution in [0.25, 0.3) is 0 Å². The molecule has 1 aromatic carbocycles. The monoisotopic (exact) mass is 278 g/mol. The van der Waals surface area contributed by atoms with Gasteiger partial charge < -0.3 is 5.73 Å². The largest absolute Gasteiger partial charge is 0.399 e. The maximum atomic E-state index is 13.7. The molecule has 1 aliphatic carbocycles. The number of nitrogens with zero attached hydrogens (tertiary/aromatic N) is 1. The summed E-state index contributed by atoms with van der Waals surface area (Å²) in [5.41, 5.74) is 5.61. The summed E-state index contributed by atoms with van der Waals surface area (Å²) in [6, 6.07) is 2.24. The smallest absolute Gasteiger partial charge is 0.246 e. The molecular weight excluding hydrogens is 267 g/mol. The molecule has 1 saturated carbocycles. The lowest BCUT2D eigenvalue weighted by Crippen LogP contribution is -2.29. The number of hydrogen-bond donors (Lipinski definition) is 1. The Morgan fingerprint density at radius 2 is 2.06 bits per heavy atom. The zero-order chi connectivity index (χ0) is 12.8. The first-order valence-electron chi connectivity index (χ1n) is 5.06. The molecule has 0 bridgehead atoms. The topological polar surface area (TPSA) is 63.4 Å². The molecular formula is C10H12ClFN2O2S. The van der Waals surface area contributed by atoms with Crippen molar-refractivity contribution in [1.29, 1.82) is 0 Å². The van der Waals surface area contributed by atoms with E-state index in [9.17, 15) is 12.8 Å². The second-order valence-electron chi connectivity index (χ2n) is 4.07. The molecule has 0 spiro atoms. The van der Waals surface area contributed by atoms with Gasteiger partial charge >= 0.3 is 0 Å². The predicted molar refractivity (Wildman–Crippen MR) is 63.8 cm³/mol. The van der Waals surface area contributed by atoms with Crippen LogP contribution in [0.4, 0.5) is 10.1 Å². The van der Waals surface area contributed by atoms with Crippen LogP contribution in [0.15, 0.2) is 17.0 Å². The highest BCUT2D eigenvalue weighted by Crippen LogP contribution is 2.33. The lowest BCUT2D eigenvalue weighted by molar-refractivity contribution is 0.458. The summed E-state index contributed by atoms with van der Waals surface area (Å²) in [6.07, 6.45) is 1.60. The molecule has 2 rings (SSSR count).